The number of benzene rings is 2. The smallest absolute Gasteiger partial charge is 0.211 e. The maximum atomic E-state index is 12.8. The predicted octanol–water partition coefficient (Wildman–Crippen LogP) is 3.58. The topological polar surface area (TPSA) is 23.6 Å². The second kappa shape index (κ2) is 6.75. The van der Waals surface area contributed by atoms with Gasteiger partial charge in [0.05, 0.1) is 5.69 Å². The summed E-state index contributed by atoms with van der Waals surface area (Å²) in [6, 6.07) is 18.5. The van der Waals surface area contributed by atoms with Gasteiger partial charge in [-0.3, -0.25) is 9.69 Å². The molecule has 1 aromatic heterocycles. The number of piperazine rings is 1. The van der Waals surface area contributed by atoms with Gasteiger partial charge in [-0.05, 0) is 17.7 Å². The van der Waals surface area contributed by atoms with Crippen LogP contribution in [-0.2, 0) is 6.54 Å². The van der Waals surface area contributed by atoms with E-state index in [2.05, 4.69) is 40.1 Å². The molecule has 0 saturated carbocycles. The molecule has 1 aliphatic rings. The summed E-state index contributed by atoms with van der Waals surface area (Å²) in [5.41, 5.74) is 2.38. The van der Waals surface area contributed by atoms with Crippen molar-refractivity contribution in [2.75, 3.05) is 31.1 Å². The fourth-order valence-electron chi connectivity index (χ4n) is 3.27. The zero-order valence-corrected chi connectivity index (χ0v) is 14.3. The molecule has 0 spiro atoms. The number of hydrogen-bond donors (Lipinski definition) is 0. The van der Waals surface area contributed by atoms with Crippen molar-refractivity contribution in [3.8, 4) is 0 Å². The third kappa shape index (κ3) is 3.07. The molecule has 1 saturated heterocycles. The van der Waals surface area contributed by atoms with Crippen molar-refractivity contribution >= 4 is 27.1 Å². The van der Waals surface area contributed by atoms with Crippen LogP contribution >= 0.6 is 11.3 Å². The molecule has 0 radical (unpaired) electrons. The third-order valence-electron chi connectivity index (χ3n) is 4.62. The molecule has 0 bridgehead atoms. The Morgan fingerprint density at radius 2 is 1.58 bits per heavy atom. The minimum absolute atomic E-state index is 0.167. The summed E-state index contributed by atoms with van der Waals surface area (Å²) >= 11 is 1.66. The van der Waals surface area contributed by atoms with Gasteiger partial charge >= 0.3 is 0 Å². The highest BCUT2D eigenvalue weighted by molar-refractivity contribution is 7.16. The first-order valence-electron chi connectivity index (χ1n) is 8.33. The molecule has 2 heterocycles. The Kier molecular flexibility index (Phi) is 4.32. The highest BCUT2D eigenvalue weighted by atomic mass is 32.1. The van der Waals surface area contributed by atoms with Gasteiger partial charge in [-0.15, -0.1) is 11.3 Å². The summed E-state index contributed by atoms with van der Waals surface area (Å²) in [6.07, 6.45) is 0. The van der Waals surface area contributed by atoms with E-state index in [9.17, 15) is 4.79 Å². The molecule has 122 valence electrons. The van der Waals surface area contributed by atoms with Gasteiger partial charge in [0.15, 0.2) is 0 Å². The van der Waals surface area contributed by atoms with Crippen molar-refractivity contribution in [3.05, 3.63) is 75.8 Å². The van der Waals surface area contributed by atoms with Crippen molar-refractivity contribution < 1.29 is 0 Å². The second-order valence-corrected chi connectivity index (χ2v) is 7.11. The number of anilines is 1. The van der Waals surface area contributed by atoms with Crippen molar-refractivity contribution in [2.24, 2.45) is 0 Å². The second-order valence-electron chi connectivity index (χ2n) is 6.20. The molecule has 3 nitrogen and oxygen atoms in total. The van der Waals surface area contributed by atoms with Crippen LogP contribution in [0.3, 0.4) is 0 Å². The maximum absolute atomic E-state index is 12.8. The molecule has 4 heteroatoms. The summed E-state index contributed by atoms with van der Waals surface area (Å²) in [7, 11) is 0. The quantitative estimate of drug-likeness (QED) is 0.730. The summed E-state index contributed by atoms with van der Waals surface area (Å²) in [4.78, 5) is 17.5. The van der Waals surface area contributed by atoms with Crippen LogP contribution in [0.4, 0.5) is 5.69 Å². The van der Waals surface area contributed by atoms with Gasteiger partial charge < -0.3 is 4.90 Å². The highest BCUT2D eigenvalue weighted by Gasteiger charge is 2.19. The van der Waals surface area contributed by atoms with E-state index in [1.165, 1.54) is 5.56 Å². The van der Waals surface area contributed by atoms with Crippen molar-refractivity contribution in [3.63, 3.8) is 0 Å². The zero-order chi connectivity index (χ0) is 16.4. The molecule has 0 atom stereocenters. The van der Waals surface area contributed by atoms with Crippen molar-refractivity contribution in [1.82, 2.24) is 4.90 Å². The lowest BCUT2D eigenvalue weighted by molar-refractivity contribution is 0.250. The van der Waals surface area contributed by atoms with Crippen LogP contribution in [0.2, 0.25) is 0 Å². The monoisotopic (exact) mass is 336 g/mol. The van der Waals surface area contributed by atoms with Gasteiger partial charge in [0.2, 0.25) is 5.43 Å². The minimum Gasteiger partial charge on any atom is -0.365 e. The molecule has 0 amide bonds. The standard InChI is InChI=1S/C20H20N2OS/c23-20-17-8-4-5-9-19(17)24-15-18(20)22-12-10-21(11-13-22)14-16-6-2-1-3-7-16/h1-9,15H,10-14H2. The van der Waals surface area contributed by atoms with Crippen LogP contribution in [0.5, 0.6) is 0 Å². The largest absolute Gasteiger partial charge is 0.365 e. The van der Waals surface area contributed by atoms with Gasteiger partial charge in [-0.2, -0.15) is 0 Å². The van der Waals surface area contributed by atoms with Crippen LogP contribution in [0.15, 0.2) is 64.8 Å². The lowest BCUT2D eigenvalue weighted by Gasteiger charge is -2.35. The molecule has 0 aliphatic carbocycles. The number of hydrogen-bond acceptors (Lipinski definition) is 4. The van der Waals surface area contributed by atoms with E-state index in [1.54, 1.807) is 11.3 Å². The Balaban J connectivity index is 1.48. The first-order chi connectivity index (χ1) is 11.8. The van der Waals surface area contributed by atoms with E-state index in [4.69, 9.17) is 0 Å². The predicted molar refractivity (Wildman–Crippen MR) is 102 cm³/mol. The van der Waals surface area contributed by atoms with E-state index in [0.717, 1.165) is 48.5 Å². The SMILES string of the molecule is O=c1c(N2CCN(Cc3ccccc3)CC2)csc2ccccc12. The molecule has 1 aliphatic heterocycles. The van der Waals surface area contributed by atoms with Crippen LogP contribution in [0.25, 0.3) is 10.1 Å². The van der Waals surface area contributed by atoms with Crippen LogP contribution in [0, 0.1) is 0 Å². The van der Waals surface area contributed by atoms with E-state index < -0.39 is 0 Å². The maximum Gasteiger partial charge on any atom is 0.211 e. The average molecular weight is 336 g/mol. The van der Waals surface area contributed by atoms with Crippen LogP contribution < -0.4 is 10.3 Å². The van der Waals surface area contributed by atoms with E-state index in [1.807, 2.05) is 29.6 Å². The fourth-order valence-corrected chi connectivity index (χ4v) is 4.21. The molecule has 2 aromatic carbocycles. The van der Waals surface area contributed by atoms with Gasteiger partial charge in [0.1, 0.15) is 0 Å². The van der Waals surface area contributed by atoms with Crippen LogP contribution in [-0.4, -0.2) is 31.1 Å². The summed E-state index contributed by atoms with van der Waals surface area (Å²) < 4.78 is 1.06. The normalized spacial score (nSPS) is 15.8. The molecule has 0 unspecified atom stereocenters. The lowest BCUT2D eigenvalue weighted by atomic mass is 10.2. The van der Waals surface area contributed by atoms with Crippen molar-refractivity contribution in [2.45, 2.75) is 6.54 Å². The summed E-state index contributed by atoms with van der Waals surface area (Å²) in [6.45, 7) is 4.79. The minimum atomic E-state index is 0.167. The summed E-state index contributed by atoms with van der Waals surface area (Å²) in [5.74, 6) is 0. The molecule has 24 heavy (non-hydrogen) atoms. The molecule has 3 aromatic rings. The van der Waals surface area contributed by atoms with Gasteiger partial charge in [-0.1, -0.05) is 42.5 Å². The third-order valence-corrected chi connectivity index (χ3v) is 5.57. The lowest BCUT2D eigenvalue weighted by Crippen LogP contribution is -2.47. The summed E-state index contributed by atoms with van der Waals surface area (Å²) in [5, 5.41) is 2.86. The van der Waals surface area contributed by atoms with Gasteiger partial charge in [0.25, 0.3) is 0 Å². The number of fused-ring (bicyclic) bond motifs is 1. The molecule has 1 fully saturated rings. The van der Waals surface area contributed by atoms with Crippen LogP contribution in [0.1, 0.15) is 5.56 Å². The molecular weight excluding hydrogens is 316 g/mol. The first-order valence-corrected chi connectivity index (χ1v) is 9.21. The molecular formula is C20H20N2OS. The average Bonchev–Trinajstić information content (AvgIpc) is 2.64. The van der Waals surface area contributed by atoms with E-state index >= 15 is 0 Å². The zero-order valence-electron chi connectivity index (χ0n) is 13.5. The van der Waals surface area contributed by atoms with E-state index in [0.29, 0.717) is 0 Å². The molecule has 4 rings (SSSR count). The Labute approximate surface area is 145 Å². The Morgan fingerprint density at radius 1 is 0.875 bits per heavy atom. The van der Waals surface area contributed by atoms with Gasteiger partial charge in [-0.25, -0.2) is 0 Å². The highest BCUT2D eigenvalue weighted by Crippen LogP contribution is 2.22. The number of rotatable bonds is 3. The Hall–Kier alpha value is -2.17. The Morgan fingerprint density at radius 3 is 2.38 bits per heavy atom. The van der Waals surface area contributed by atoms with Crippen molar-refractivity contribution in [1.29, 1.82) is 0 Å². The van der Waals surface area contributed by atoms with E-state index in [-0.39, 0.29) is 5.43 Å². The molecule has 0 N–H and O–H groups in total. The number of nitrogens with zero attached hydrogens (tertiary/aromatic N) is 2. The first kappa shape index (κ1) is 15.4. The van der Waals surface area contributed by atoms with Gasteiger partial charge in [0, 0.05) is 48.2 Å². The Bertz CT molecular complexity index is 883. The fraction of sp³-hybridized carbons (Fsp3) is 0.250.